The van der Waals surface area contributed by atoms with Crippen LogP contribution in [0.4, 0.5) is 5.69 Å². The van der Waals surface area contributed by atoms with Gasteiger partial charge in [0.1, 0.15) is 0 Å². The minimum Gasteiger partial charge on any atom is -0.308 e. The molecular formula is C18H20BrNO. The lowest BCUT2D eigenvalue weighted by molar-refractivity contribution is -0.118. The highest BCUT2D eigenvalue weighted by atomic mass is 79.9. The number of benzene rings is 2. The quantitative estimate of drug-likeness (QED) is 0.522. The van der Waals surface area contributed by atoms with E-state index in [-0.39, 0.29) is 5.91 Å². The van der Waals surface area contributed by atoms with Gasteiger partial charge in [-0.15, -0.1) is 0 Å². The van der Waals surface area contributed by atoms with E-state index < -0.39 is 0 Å². The van der Waals surface area contributed by atoms with Crippen LogP contribution in [0, 0.1) is 0 Å². The zero-order valence-electron chi connectivity index (χ0n) is 12.0. The van der Waals surface area contributed by atoms with Gasteiger partial charge in [0.25, 0.3) is 0 Å². The maximum absolute atomic E-state index is 12.5. The van der Waals surface area contributed by atoms with E-state index in [9.17, 15) is 4.79 Å². The third-order valence-corrected chi connectivity index (χ3v) is 3.89. The lowest BCUT2D eigenvalue weighted by atomic mass is 10.1. The predicted molar refractivity (Wildman–Crippen MR) is 91.7 cm³/mol. The normalized spacial score (nSPS) is 10.3. The number of carbonyl (C=O) groups excluding carboxylic acids is 1. The number of hydrogen-bond donors (Lipinski definition) is 0. The summed E-state index contributed by atoms with van der Waals surface area (Å²) in [5.41, 5.74) is 2.11. The Hall–Kier alpha value is -1.61. The zero-order chi connectivity index (χ0) is 14.9. The van der Waals surface area contributed by atoms with Gasteiger partial charge in [0.05, 0.1) is 6.54 Å². The monoisotopic (exact) mass is 345 g/mol. The van der Waals surface area contributed by atoms with Crippen LogP contribution in [0.3, 0.4) is 0 Å². The second kappa shape index (κ2) is 8.63. The molecule has 21 heavy (non-hydrogen) atoms. The van der Waals surface area contributed by atoms with Crippen molar-refractivity contribution >= 4 is 27.5 Å². The fourth-order valence-electron chi connectivity index (χ4n) is 2.20. The van der Waals surface area contributed by atoms with Crippen LogP contribution < -0.4 is 4.90 Å². The first-order valence-corrected chi connectivity index (χ1v) is 8.38. The smallest absolute Gasteiger partial charge is 0.227 e. The SMILES string of the molecule is O=C(CCCCBr)N(Cc1ccccc1)c1ccccc1. The summed E-state index contributed by atoms with van der Waals surface area (Å²) in [5, 5.41) is 0.949. The van der Waals surface area contributed by atoms with Gasteiger partial charge in [-0.3, -0.25) is 4.79 Å². The van der Waals surface area contributed by atoms with Crippen LogP contribution in [-0.2, 0) is 11.3 Å². The molecule has 0 spiro atoms. The summed E-state index contributed by atoms with van der Waals surface area (Å²) in [6.07, 6.45) is 2.54. The molecule has 2 nitrogen and oxygen atoms in total. The number of rotatable bonds is 7. The fourth-order valence-corrected chi connectivity index (χ4v) is 2.60. The highest BCUT2D eigenvalue weighted by molar-refractivity contribution is 9.09. The van der Waals surface area contributed by atoms with Crippen molar-refractivity contribution in [3.05, 3.63) is 66.2 Å². The van der Waals surface area contributed by atoms with Crippen molar-refractivity contribution in [1.82, 2.24) is 0 Å². The molecule has 0 heterocycles. The number of carbonyl (C=O) groups is 1. The first-order chi connectivity index (χ1) is 10.3. The van der Waals surface area contributed by atoms with Crippen molar-refractivity contribution < 1.29 is 4.79 Å². The minimum absolute atomic E-state index is 0.186. The van der Waals surface area contributed by atoms with E-state index in [0.717, 1.165) is 29.4 Å². The van der Waals surface area contributed by atoms with E-state index in [1.807, 2.05) is 53.4 Å². The number of nitrogens with zero attached hydrogens (tertiary/aromatic N) is 1. The Morgan fingerprint density at radius 2 is 1.52 bits per heavy atom. The summed E-state index contributed by atoms with van der Waals surface area (Å²) in [6.45, 7) is 0.623. The van der Waals surface area contributed by atoms with E-state index in [1.54, 1.807) is 0 Å². The number of hydrogen-bond acceptors (Lipinski definition) is 1. The Balaban J connectivity index is 2.12. The van der Waals surface area contributed by atoms with Crippen LogP contribution in [0.25, 0.3) is 0 Å². The van der Waals surface area contributed by atoms with Crippen molar-refractivity contribution in [2.24, 2.45) is 0 Å². The molecular weight excluding hydrogens is 326 g/mol. The molecule has 0 radical (unpaired) electrons. The van der Waals surface area contributed by atoms with E-state index in [2.05, 4.69) is 28.1 Å². The van der Waals surface area contributed by atoms with E-state index in [0.29, 0.717) is 13.0 Å². The number of para-hydroxylation sites is 1. The molecule has 0 aliphatic rings. The lowest BCUT2D eigenvalue weighted by Crippen LogP contribution is -2.30. The Morgan fingerprint density at radius 1 is 0.905 bits per heavy atom. The number of anilines is 1. The Morgan fingerprint density at radius 3 is 2.14 bits per heavy atom. The number of amides is 1. The molecule has 2 rings (SSSR count). The molecule has 0 aliphatic carbocycles. The molecule has 0 bridgehead atoms. The topological polar surface area (TPSA) is 20.3 Å². The van der Waals surface area contributed by atoms with Crippen molar-refractivity contribution in [3.63, 3.8) is 0 Å². The van der Waals surface area contributed by atoms with Crippen molar-refractivity contribution in [3.8, 4) is 0 Å². The number of unbranched alkanes of at least 4 members (excludes halogenated alkanes) is 1. The zero-order valence-corrected chi connectivity index (χ0v) is 13.6. The third kappa shape index (κ3) is 5.01. The average molecular weight is 346 g/mol. The standard InChI is InChI=1S/C18H20BrNO/c19-14-8-7-13-18(21)20(17-11-5-2-6-12-17)15-16-9-3-1-4-10-16/h1-6,9-12H,7-8,13-15H2. The maximum atomic E-state index is 12.5. The molecule has 3 heteroatoms. The van der Waals surface area contributed by atoms with Gasteiger partial charge < -0.3 is 4.90 Å². The summed E-state index contributed by atoms with van der Waals surface area (Å²) >= 11 is 3.41. The number of halogens is 1. The van der Waals surface area contributed by atoms with Gasteiger partial charge >= 0.3 is 0 Å². The molecule has 0 N–H and O–H groups in total. The Bertz CT molecular complexity index is 542. The van der Waals surface area contributed by atoms with E-state index in [1.165, 1.54) is 0 Å². The maximum Gasteiger partial charge on any atom is 0.227 e. The lowest BCUT2D eigenvalue weighted by Gasteiger charge is -2.23. The summed E-state index contributed by atoms with van der Waals surface area (Å²) in [5.74, 6) is 0.186. The molecule has 2 aromatic rings. The second-order valence-electron chi connectivity index (χ2n) is 4.95. The molecule has 0 atom stereocenters. The van der Waals surface area contributed by atoms with Crippen molar-refractivity contribution in [2.75, 3.05) is 10.2 Å². The van der Waals surface area contributed by atoms with Gasteiger partial charge in [-0.2, -0.15) is 0 Å². The molecule has 1 amide bonds. The van der Waals surface area contributed by atoms with Gasteiger partial charge in [-0.25, -0.2) is 0 Å². The Kier molecular flexibility index (Phi) is 6.48. The van der Waals surface area contributed by atoms with Crippen LogP contribution in [-0.4, -0.2) is 11.2 Å². The summed E-state index contributed by atoms with van der Waals surface area (Å²) in [6, 6.07) is 20.0. The van der Waals surface area contributed by atoms with E-state index >= 15 is 0 Å². The van der Waals surface area contributed by atoms with Crippen molar-refractivity contribution in [2.45, 2.75) is 25.8 Å². The van der Waals surface area contributed by atoms with Crippen LogP contribution in [0.1, 0.15) is 24.8 Å². The molecule has 2 aromatic carbocycles. The van der Waals surface area contributed by atoms with Gasteiger partial charge in [-0.05, 0) is 30.5 Å². The molecule has 0 saturated carbocycles. The van der Waals surface area contributed by atoms with Gasteiger partial charge in [0.2, 0.25) is 5.91 Å². The number of alkyl halides is 1. The molecule has 0 saturated heterocycles. The minimum atomic E-state index is 0.186. The first-order valence-electron chi connectivity index (χ1n) is 7.26. The fraction of sp³-hybridized carbons (Fsp3) is 0.278. The predicted octanol–water partition coefficient (Wildman–Crippen LogP) is 4.79. The molecule has 0 aromatic heterocycles. The summed E-state index contributed by atoms with van der Waals surface area (Å²) < 4.78 is 0. The van der Waals surface area contributed by atoms with Gasteiger partial charge in [-0.1, -0.05) is 64.5 Å². The van der Waals surface area contributed by atoms with Crippen molar-refractivity contribution in [1.29, 1.82) is 0 Å². The van der Waals surface area contributed by atoms with Gasteiger partial charge in [0.15, 0.2) is 0 Å². The first kappa shape index (κ1) is 15.8. The molecule has 110 valence electrons. The molecule has 0 fully saturated rings. The largest absolute Gasteiger partial charge is 0.308 e. The van der Waals surface area contributed by atoms with Crippen LogP contribution in [0.15, 0.2) is 60.7 Å². The molecule has 0 aliphatic heterocycles. The highest BCUT2D eigenvalue weighted by Gasteiger charge is 2.15. The Labute approximate surface area is 134 Å². The summed E-state index contributed by atoms with van der Waals surface area (Å²) in [4.78, 5) is 14.4. The van der Waals surface area contributed by atoms with Crippen LogP contribution in [0.5, 0.6) is 0 Å². The molecule has 0 unspecified atom stereocenters. The van der Waals surface area contributed by atoms with E-state index in [4.69, 9.17) is 0 Å². The second-order valence-corrected chi connectivity index (χ2v) is 5.74. The van der Waals surface area contributed by atoms with Crippen LogP contribution in [0.2, 0.25) is 0 Å². The highest BCUT2D eigenvalue weighted by Crippen LogP contribution is 2.19. The van der Waals surface area contributed by atoms with Crippen LogP contribution >= 0.6 is 15.9 Å². The summed E-state index contributed by atoms with van der Waals surface area (Å²) in [7, 11) is 0. The third-order valence-electron chi connectivity index (χ3n) is 3.33. The van der Waals surface area contributed by atoms with Gasteiger partial charge in [0, 0.05) is 17.4 Å². The average Bonchev–Trinajstić information content (AvgIpc) is 2.54.